The van der Waals surface area contributed by atoms with E-state index < -0.39 is 0 Å². The van der Waals surface area contributed by atoms with E-state index in [4.69, 9.17) is 11.6 Å². The van der Waals surface area contributed by atoms with Crippen LogP contribution in [0.5, 0.6) is 5.75 Å². The SMILES string of the molecule is C[NH+](C)[C@@H](CN=Cc1cc(Br)ccc1O)c1c(F)cccc1Cl. The van der Waals surface area contributed by atoms with Gasteiger partial charge >= 0.3 is 0 Å². The highest BCUT2D eigenvalue weighted by Gasteiger charge is 2.23. The monoisotopic (exact) mass is 399 g/mol. The molecule has 2 rings (SSSR count). The number of phenols is 1. The Labute approximate surface area is 148 Å². The summed E-state index contributed by atoms with van der Waals surface area (Å²) in [5.74, 6) is -0.182. The Morgan fingerprint density at radius 2 is 2.09 bits per heavy atom. The molecule has 2 aromatic rings. The zero-order valence-corrected chi connectivity index (χ0v) is 15.2. The zero-order valence-electron chi connectivity index (χ0n) is 12.9. The summed E-state index contributed by atoms with van der Waals surface area (Å²) in [6.45, 7) is 0.356. The topological polar surface area (TPSA) is 37.0 Å². The van der Waals surface area contributed by atoms with E-state index in [0.29, 0.717) is 22.7 Å². The Bertz CT molecular complexity index is 701. The molecule has 0 saturated carbocycles. The minimum absolute atomic E-state index is 0.148. The number of benzene rings is 2. The Kier molecular flexibility index (Phi) is 6.16. The Morgan fingerprint density at radius 3 is 2.74 bits per heavy atom. The third kappa shape index (κ3) is 4.53. The first-order valence-electron chi connectivity index (χ1n) is 7.12. The van der Waals surface area contributed by atoms with Crippen molar-refractivity contribution in [3.8, 4) is 5.75 Å². The van der Waals surface area contributed by atoms with E-state index in [0.717, 1.165) is 9.37 Å². The van der Waals surface area contributed by atoms with Gasteiger partial charge in [0, 0.05) is 16.3 Å². The molecule has 0 aliphatic heterocycles. The number of rotatable bonds is 5. The van der Waals surface area contributed by atoms with Crippen LogP contribution in [0.25, 0.3) is 0 Å². The molecule has 0 spiro atoms. The highest BCUT2D eigenvalue weighted by Crippen LogP contribution is 2.25. The Morgan fingerprint density at radius 1 is 1.35 bits per heavy atom. The van der Waals surface area contributed by atoms with Crippen LogP contribution < -0.4 is 4.90 Å². The van der Waals surface area contributed by atoms with Crippen molar-refractivity contribution in [2.24, 2.45) is 4.99 Å². The van der Waals surface area contributed by atoms with Gasteiger partial charge in [-0.1, -0.05) is 33.6 Å². The van der Waals surface area contributed by atoms with Crippen molar-refractivity contribution < 1.29 is 14.4 Å². The summed E-state index contributed by atoms with van der Waals surface area (Å²) >= 11 is 9.51. The Hall–Kier alpha value is -1.43. The lowest BCUT2D eigenvalue weighted by Crippen LogP contribution is -3.06. The molecule has 0 heterocycles. The molecule has 0 amide bonds. The van der Waals surface area contributed by atoms with E-state index in [1.165, 1.54) is 6.07 Å². The van der Waals surface area contributed by atoms with Crippen molar-refractivity contribution in [2.75, 3.05) is 20.6 Å². The van der Waals surface area contributed by atoms with E-state index in [2.05, 4.69) is 20.9 Å². The van der Waals surface area contributed by atoms with Crippen LogP contribution in [0.3, 0.4) is 0 Å². The van der Waals surface area contributed by atoms with Gasteiger partial charge in [-0.05, 0) is 30.3 Å². The number of quaternary nitrogens is 1. The first kappa shape index (κ1) is 17.9. The summed E-state index contributed by atoms with van der Waals surface area (Å²) in [5.41, 5.74) is 1.07. The third-order valence-electron chi connectivity index (χ3n) is 3.55. The number of nitrogens with one attached hydrogen (secondary N) is 1. The van der Waals surface area contributed by atoms with E-state index in [1.54, 1.807) is 36.5 Å². The number of likely N-dealkylation sites (N-methyl/N-ethyl adjacent to an activating group) is 1. The lowest BCUT2D eigenvalue weighted by Gasteiger charge is -2.21. The van der Waals surface area contributed by atoms with Crippen molar-refractivity contribution in [1.29, 1.82) is 0 Å². The first-order valence-corrected chi connectivity index (χ1v) is 8.29. The summed E-state index contributed by atoms with van der Waals surface area (Å²) in [5, 5.41) is 10.2. The summed E-state index contributed by atoms with van der Waals surface area (Å²) in [7, 11) is 3.86. The molecule has 122 valence electrons. The molecule has 23 heavy (non-hydrogen) atoms. The molecule has 0 bridgehead atoms. The highest BCUT2D eigenvalue weighted by atomic mass is 79.9. The number of halogens is 3. The minimum atomic E-state index is -0.329. The van der Waals surface area contributed by atoms with Crippen LogP contribution in [-0.2, 0) is 0 Å². The second kappa shape index (κ2) is 7.90. The van der Waals surface area contributed by atoms with Gasteiger partial charge in [0.1, 0.15) is 17.6 Å². The molecule has 0 fully saturated rings. The van der Waals surface area contributed by atoms with Crippen LogP contribution in [0.2, 0.25) is 5.02 Å². The smallest absolute Gasteiger partial charge is 0.137 e. The number of aliphatic imine (C=N–C) groups is 1. The van der Waals surface area contributed by atoms with Gasteiger partial charge in [0.15, 0.2) is 0 Å². The van der Waals surface area contributed by atoms with Crippen molar-refractivity contribution >= 4 is 33.7 Å². The van der Waals surface area contributed by atoms with Crippen molar-refractivity contribution in [1.82, 2.24) is 0 Å². The van der Waals surface area contributed by atoms with Gasteiger partial charge in [0.05, 0.1) is 31.2 Å². The number of nitrogens with zero attached hydrogens (tertiary/aromatic N) is 1. The fraction of sp³-hybridized carbons (Fsp3) is 0.235. The molecule has 0 aromatic heterocycles. The standard InChI is InChI=1S/C17H17BrClFN2O/c1-22(2)15(17-13(19)4-3-5-14(17)20)10-21-9-11-8-12(18)6-7-16(11)23/h3-9,15,23H,10H2,1-2H3/p+1/t15-/m0/s1. The molecule has 2 aromatic carbocycles. The number of phenolic OH excluding ortho intramolecular Hbond substituents is 1. The van der Waals surface area contributed by atoms with E-state index >= 15 is 0 Å². The molecular formula is C17H18BrClFN2O+. The largest absolute Gasteiger partial charge is 0.507 e. The number of hydrogen-bond acceptors (Lipinski definition) is 2. The summed E-state index contributed by atoms with van der Waals surface area (Å²) in [6.07, 6.45) is 1.59. The molecule has 6 heteroatoms. The average Bonchev–Trinajstić information content (AvgIpc) is 2.48. The van der Waals surface area contributed by atoms with Gasteiger partial charge in [-0.3, -0.25) is 4.99 Å². The van der Waals surface area contributed by atoms with Crippen LogP contribution in [0.4, 0.5) is 4.39 Å². The number of hydrogen-bond donors (Lipinski definition) is 2. The molecule has 1 atom stereocenters. The third-order valence-corrected chi connectivity index (χ3v) is 4.38. The van der Waals surface area contributed by atoms with Crippen molar-refractivity contribution in [2.45, 2.75) is 6.04 Å². The lowest BCUT2D eigenvalue weighted by molar-refractivity contribution is -0.890. The first-order chi connectivity index (χ1) is 10.9. The maximum atomic E-state index is 14.1. The fourth-order valence-electron chi connectivity index (χ4n) is 2.29. The molecule has 0 aliphatic carbocycles. The molecule has 0 saturated heterocycles. The highest BCUT2D eigenvalue weighted by molar-refractivity contribution is 9.10. The van der Waals surface area contributed by atoms with Gasteiger partial charge < -0.3 is 10.0 Å². The summed E-state index contributed by atoms with van der Waals surface area (Å²) < 4.78 is 15.0. The van der Waals surface area contributed by atoms with Crippen LogP contribution in [-0.4, -0.2) is 32.0 Å². The summed E-state index contributed by atoms with van der Waals surface area (Å²) in [6, 6.07) is 9.57. The van der Waals surface area contributed by atoms with E-state index in [1.807, 2.05) is 14.1 Å². The molecule has 0 radical (unpaired) electrons. The van der Waals surface area contributed by atoms with Crippen molar-refractivity contribution in [3.05, 3.63) is 62.8 Å². The van der Waals surface area contributed by atoms with Gasteiger partial charge in [0.2, 0.25) is 0 Å². The maximum Gasteiger partial charge on any atom is 0.137 e. The zero-order chi connectivity index (χ0) is 17.0. The molecule has 0 aliphatic rings. The second-order valence-electron chi connectivity index (χ2n) is 5.46. The normalized spacial score (nSPS) is 13.0. The van der Waals surface area contributed by atoms with Crippen LogP contribution >= 0.6 is 27.5 Å². The van der Waals surface area contributed by atoms with E-state index in [9.17, 15) is 9.50 Å². The quantitative estimate of drug-likeness (QED) is 0.743. The van der Waals surface area contributed by atoms with Gasteiger partial charge in [0.25, 0.3) is 0 Å². The van der Waals surface area contributed by atoms with Crippen LogP contribution in [0.1, 0.15) is 17.2 Å². The second-order valence-corrected chi connectivity index (χ2v) is 6.79. The van der Waals surface area contributed by atoms with Crippen molar-refractivity contribution in [3.63, 3.8) is 0 Å². The van der Waals surface area contributed by atoms with Gasteiger partial charge in [-0.15, -0.1) is 0 Å². The number of aromatic hydroxyl groups is 1. The van der Waals surface area contributed by atoms with Gasteiger partial charge in [-0.2, -0.15) is 0 Å². The van der Waals surface area contributed by atoms with Crippen LogP contribution in [0.15, 0.2) is 45.9 Å². The minimum Gasteiger partial charge on any atom is -0.507 e. The predicted molar refractivity (Wildman–Crippen MR) is 95.2 cm³/mol. The fourth-order valence-corrected chi connectivity index (χ4v) is 2.96. The van der Waals surface area contributed by atoms with Gasteiger partial charge in [-0.25, -0.2) is 4.39 Å². The maximum absolute atomic E-state index is 14.1. The van der Waals surface area contributed by atoms with Crippen LogP contribution in [0, 0.1) is 5.82 Å². The lowest BCUT2D eigenvalue weighted by atomic mass is 10.1. The molecular weight excluding hydrogens is 383 g/mol. The summed E-state index contributed by atoms with van der Waals surface area (Å²) in [4.78, 5) is 5.39. The predicted octanol–water partition coefficient (Wildman–Crippen LogP) is 3.25. The van der Waals surface area contributed by atoms with E-state index in [-0.39, 0.29) is 17.6 Å². The Balaban J connectivity index is 2.24. The molecule has 0 unspecified atom stereocenters. The molecule has 3 nitrogen and oxygen atoms in total. The molecule has 2 N–H and O–H groups in total. The average molecular weight is 401 g/mol.